The molecule has 1 aromatic carbocycles. The van der Waals surface area contributed by atoms with Crippen molar-refractivity contribution >= 4 is 11.6 Å². The van der Waals surface area contributed by atoms with E-state index in [9.17, 15) is 4.39 Å². The first kappa shape index (κ1) is 12.5. The summed E-state index contributed by atoms with van der Waals surface area (Å²) in [6, 6.07) is 6.92. The largest absolute Gasteiger partial charge is 0.330 e. The third-order valence-corrected chi connectivity index (χ3v) is 2.91. The Morgan fingerprint density at radius 1 is 1.40 bits per heavy atom. The zero-order valence-corrected chi connectivity index (χ0v) is 9.84. The predicted octanol–water partition coefficient (Wildman–Crippen LogP) is 3.58. The van der Waals surface area contributed by atoms with Crippen LogP contribution in [0.1, 0.15) is 25.6 Å². The quantitative estimate of drug-likeness (QED) is 0.839. The lowest BCUT2D eigenvalue weighted by molar-refractivity contribution is 0.188. The van der Waals surface area contributed by atoms with Crippen molar-refractivity contribution in [2.45, 2.75) is 20.0 Å². The molecular weight excluding hydrogens is 213 g/mol. The minimum Gasteiger partial charge on any atom is -0.330 e. The molecular formula is C12H17ClFN. The van der Waals surface area contributed by atoms with Gasteiger partial charge in [0.2, 0.25) is 0 Å². The van der Waals surface area contributed by atoms with Gasteiger partial charge >= 0.3 is 0 Å². The number of benzene rings is 1. The zero-order chi connectivity index (χ0) is 11.4. The van der Waals surface area contributed by atoms with Crippen LogP contribution in [0.2, 0.25) is 5.02 Å². The van der Waals surface area contributed by atoms with E-state index in [0.29, 0.717) is 17.1 Å². The van der Waals surface area contributed by atoms with Crippen LogP contribution in [-0.4, -0.2) is 6.54 Å². The van der Waals surface area contributed by atoms with Gasteiger partial charge in [0, 0.05) is 10.9 Å². The highest BCUT2D eigenvalue weighted by atomic mass is 35.5. The highest BCUT2D eigenvalue weighted by molar-refractivity contribution is 6.30. The van der Waals surface area contributed by atoms with Gasteiger partial charge in [0.15, 0.2) is 0 Å². The van der Waals surface area contributed by atoms with Crippen molar-refractivity contribution in [1.29, 1.82) is 0 Å². The molecule has 1 rings (SSSR count). The summed E-state index contributed by atoms with van der Waals surface area (Å²) >= 11 is 5.82. The number of rotatable bonds is 4. The predicted molar refractivity (Wildman–Crippen MR) is 62.7 cm³/mol. The molecule has 2 N–H and O–H groups in total. The maximum absolute atomic E-state index is 14.1. The van der Waals surface area contributed by atoms with E-state index < -0.39 is 6.17 Å². The fraction of sp³-hybridized carbons (Fsp3) is 0.500. The fourth-order valence-corrected chi connectivity index (χ4v) is 1.85. The molecule has 0 saturated carbocycles. The van der Waals surface area contributed by atoms with Gasteiger partial charge in [-0.05, 0) is 30.2 Å². The Labute approximate surface area is 95.4 Å². The van der Waals surface area contributed by atoms with Crippen LogP contribution in [0.5, 0.6) is 0 Å². The average Bonchev–Trinajstić information content (AvgIpc) is 2.18. The van der Waals surface area contributed by atoms with Crippen LogP contribution in [0.3, 0.4) is 0 Å². The van der Waals surface area contributed by atoms with E-state index in [1.165, 1.54) is 0 Å². The van der Waals surface area contributed by atoms with Crippen LogP contribution in [-0.2, 0) is 0 Å². The van der Waals surface area contributed by atoms with Crippen LogP contribution < -0.4 is 5.73 Å². The second kappa shape index (κ2) is 5.47. The molecule has 0 spiro atoms. The van der Waals surface area contributed by atoms with Crippen molar-refractivity contribution < 1.29 is 4.39 Å². The molecule has 0 aliphatic carbocycles. The highest BCUT2D eigenvalue weighted by Gasteiger charge is 2.24. The first-order chi connectivity index (χ1) is 7.06. The molecule has 1 aromatic rings. The Morgan fingerprint density at radius 3 is 2.53 bits per heavy atom. The number of alkyl halides is 1. The molecule has 2 atom stereocenters. The maximum atomic E-state index is 14.1. The van der Waals surface area contributed by atoms with E-state index in [4.69, 9.17) is 17.3 Å². The third kappa shape index (κ3) is 3.18. The Balaban J connectivity index is 2.87. The van der Waals surface area contributed by atoms with E-state index in [1.54, 1.807) is 24.3 Å². The van der Waals surface area contributed by atoms with Crippen molar-refractivity contribution in [3.8, 4) is 0 Å². The summed E-state index contributed by atoms with van der Waals surface area (Å²) < 4.78 is 14.1. The molecule has 0 heterocycles. The zero-order valence-electron chi connectivity index (χ0n) is 9.08. The molecule has 0 bridgehead atoms. The smallest absolute Gasteiger partial charge is 0.129 e. The normalized spacial score (nSPS) is 15.3. The molecule has 2 unspecified atom stereocenters. The standard InChI is InChI=1S/C12H17ClFN/c1-8(2)11(7-15)12(14)9-4-3-5-10(13)6-9/h3-6,8,11-12H,7,15H2,1-2H3. The fourth-order valence-electron chi connectivity index (χ4n) is 1.65. The summed E-state index contributed by atoms with van der Waals surface area (Å²) in [6.45, 7) is 4.31. The number of hydrogen-bond donors (Lipinski definition) is 1. The van der Waals surface area contributed by atoms with E-state index in [-0.39, 0.29) is 11.8 Å². The van der Waals surface area contributed by atoms with Crippen molar-refractivity contribution in [3.05, 3.63) is 34.9 Å². The minimum atomic E-state index is -1.03. The monoisotopic (exact) mass is 229 g/mol. The van der Waals surface area contributed by atoms with Gasteiger partial charge in [-0.15, -0.1) is 0 Å². The third-order valence-electron chi connectivity index (χ3n) is 2.67. The molecule has 3 heteroatoms. The van der Waals surface area contributed by atoms with Gasteiger partial charge in [0.25, 0.3) is 0 Å². The van der Waals surface area contributed by atoms with Crippen LogP contribution in [0.15, 0.2) is 24.3 Å². The molecule has 0 aliphatic heterocycles. The van der Waals surface area contributed by atoms with Crippen LogP contribution in [0.4, 0.5) is 4.39 Å². The van der Waals surface area contributed by atoms with Crippen LogP contribution >= 0.6 is 11.6 Å². The number of halogens is 2. The first-order valence-corrected chi connectivity index (χ1v) is 5.53. The van der Waals surface area contributed by atoms with Gasteiger partial charge < -0.3 is 5.73 Å². The molecule has 15 heavy (non-hydrogen) atoms. The van der Waals surface area contributed by atoms with Gasteiger partial charge in [-0.3, -0.25) is 0 Å². The summed E-state index contributed by atoms with van der Waals surface area (Å²) in [7, 11) is 0. The Kier molecular flexibility index (Phi) is 4.55. The summed E-state index contributed by atoms with van der Waals surface area (Å²) in [5.41, 5.74) is 6.19. The second-order valence-corrected chi connectivity index (χ2v) is 4.54. The van der Waals surface area contributed by atoms with Gasteiger partial charge in [-0.2, -0.15) is 0 Å². The first-order valence-electron chi connectivity index (χ1n) is 5.16. The van der Waals surface area contributed by atoms with E-state index in [0.717, 1.165) is 0 Å². The highest BCUT2D eigenvalue weighted by Crippen LogP contribution is 2.31. The summed E-state index contributed by atoms with van der Waals surface area (Å²) in [5, 5.41) is 0.565. The lowest BCUT2D eigenvalue weighted by atomic mass is 9.87. The number of nitrogens with two attached hydrogens (primary N) is 1. The van der Waals surface area contributed by atoms with Crippen molar-refractivity contribution in [2.75, 3.05) is 6.54 Å². The topological polar surface area (TPSA) is 26.0 Å². The summed E-state index contributed by atoms with van der Waals surface area (Å²) in [5.74, 6) is 0.0763. The molecule has 0 aromatic heterocycles. The summed E-state index contributed by atoms with van der Waals surface area (Å²) in [6.07, 6.45) is -1.03. The molecule has 1 nitrogen and oxygen atoms in total. The minimum absolute atomic E-state index is 0.150. The number of hydrogen-bond acceptors (Lipinski definition) is 1. The molecule has 0 saturated heterocycles. The molecule has 84 valence electrons. The summed E-state index contributed by atoms with van der Waals surface area (Å²) in [4.78, 5) is 0. The lowest BCUT2D eigenvalue weighted by Gasteiger charge is -2.23. The van der Waals surface area contributed by atoms with E-state index >= 15 is 0 Å². The van der Waals surface area contributed by atoms with Crippen molar-refractivity contribution in [1.82, 2.24) is 0 Å². The average molecular weight is 230 g/mol. The molecule has 0 amide bonds. The maximum Gasteiger partial charge on any atom is 0.129 e. The van der Waals surface area contributed by atoms with Crippen molar-refractivity contribution in [2.24, 2.45) is 17.6 Å². The molecule has 0 fully saturated rings. The van der Waals surface area contributed by atoms with E-state index in [2.05, 4.69) is 0 Å². The second-order valence-electron chi connectivity index (χ2n) is 4.10. The van der Waals surface area contributed by atoms with E-state index in [1.807, 2.05) is 13.8 Å². The van der Waals surface area contributed by atoms with Gasteiger partial charge in [-0.1, -0.05) is 37.6 Å². The van der Waals surface area contributed by atoms with Crippen LogP contribution in [0.25, 0.3) is 0 Å². The Bertz CT molecular complexity index is 314. The SMILES string of the molecule is CC(C)C(CN)C(F)c1cccc(Cl)c1. The van der Waals surface area contributed by atoms with Crippen molar-refractivity contribution in [3.63, 3.8) is 0 Å². The van der Waals surface area contributed by atoms with Gasteiger partial charge in [0.05, 0.1) is 0 Å². The lowest BCUT2D eigenvalue weighted by Crippen LogP contribution is -2.24. The molecule has 0 aliphatic rings. The van der Waals surface area contributed by atoms with Gasteiger partial charge in [-0.25, -0.2) is 4.39 Å². The van der Waals surface area contributed by atoms with Crippen LogP contribution in [0, 0.1) is 11.8 Å². The molecule has 0 radical (unpaired) electrons. The Morgan fingerprint density at radius 2 is 2.07 bits per heavy atom. The van der Waals surface area contributed by atoms with Gasteiger partial charge in [0.1, 0.15) is 6.17 Å². The Hall–Kier alpha value is -0.600.